The summed E-state index contributed by atoms with van der Waals surface area (Å²) in [6.45, 7) is 8.68. The second-order valence-electron chi connectivity index (χ2n) is 4.10. The van der Waals surface area contributed by atoms with Crippen molar-refractivity contribution in [1.82, 2.24) is 9.80 Å². The van der Waals surface area contributed by atoms with Crippen LogP contribution in [0.3, 0.4) is 0 Å². The van der Waals surface area contributed by atoms with Crippen molar-refractivity contribution in [2.75, 3.05) is 27.4 Å². The van der Waals surface area contributed by atoms with Gasteiger partial charge in [-0.1, -0.05) is 6.58 Å². The van der Waals surface area contributed by atoms with Gasteiger partial charge in [-0.3, -0.25) is 4.79 Å². The number of likely N-dealkylation sites (N-methyl/N-ethyl adjacent to an activating group) is 1. The van der Waals surface area contributed by atoms with E-state index in [1.54, 1.807) is 4.90 Å². The van der Waals surface area contributed by atoms with Crippen molar-refractivity contribution >= 4 is 5.91 Å². The van der Waals surface area contributed by atoms with Gasteiger partial charge in [0.2, 0.25) is 0 Å². The van der Waals surface area contributed by atoms with Gasteiger partial charge in [0.25, 0.3) is 5.91 Å². The van der Waals surface area contributed by atoms with Crippen molar-refractivity contribution in [3.8, 4) is 0 Å². The molecular weight excluding hydrogens is 180 g/mol. The van der Waals surface area contributed by atoms with Crippen LogP contribution in [0, 0.1) is 0 Å². The highest BCUT2D eigenvalue weighted by molar-refractivity contribution is 5.79. The Morgan fingerprint density at radius 2 is 2.21 bits per heavy atom. The van der Waals surface area contributed by atoms with Crippen LogP contribution in [0.15, 0.2) is 12.3 Å². The van der Waals surface area contributed by atoms with Gasteiger partial charge < -0.3 is 14.5 Å². The number of nitrogens with zero attached hydrogens (tertiary/aromatic N) is 2. The summed E-state index contributed by atoms with van der Waals surface area (Å²) in [5, 5.41) is 0. The molecule has 0 spiro atoms. The number of rotatable bonds is 2. The van der Waals surface area contributed by atoms with Gasteiger partial charge in [0.15, 0.2) is 0 Å². The fraction of sp³-hybridized carbons (Fsp3) is 0.700. The number of amides is 1. The Balaban J connectivity index is 2.81. The standard InChI is InChI=1S/C10H18N2O2/c1-8-10(2,3)12(7-11(8)4)9(13)6-14-5/h1,6-7H2,2-5H3. The number of carbonyl (C=O) groups is 1. The maximum atomic E-state index is 11.7. The van der Waals surface area contributed by atoms with E-state index in [1.807, 2.05) is 25.8 Å². The second kappa shape index (κ2) is 3.61. The lowest BCUT2D eigenvalue weighted by Gasteiger charge is -2.30. The highest BCUT2D eigenvalue weighted by Crippen LogP contribution is 2.31. The van der Waals surface area contributed by atoms with Crippen LogP contribution in [0.25, 0.3) is 0 Å². The molecule has 1 heterocycles. The van der Waals surface area contributed by atoms with Gasteiger partial charge in [-0.15, -0.1) is 0 Å². The normalized spacial score (nSPS) is 20.4. The van der Waals surface area contributed by atoms with Crippen LogP contribution in [-0.2, 0) is 9.53 Å². The molecule has 0 radical (unpaired) electrons. The number of methoxy groups -OCH3 is 1. The van der Waals surface area contributed by atoms with Crippen LogP contribution in [0.2, 0.25) is 0 Å². The Morgan fingerprint density at radius 1 is 1.64 bits per heavy atom. The third-order valence-electron chi connectivity index (χ3n) is 2.76. The summed E-state index contributed by atoms with van der Waals surface area (Å²) in [4.78, 5) is 15.4. The first kappa shape index (κ1) is 11.0. The van der Waals surface area contributed by atoms with E-state index in [4.69, 9.17) is 4.74 Å². The molecule has 0 N–H and O–H groups in total. The molecule has 0 aromatic heterocycles. The topological polar surface area (TPSA) is 32.8 Å². The van der Waals surface area contributed by atoms with Gasteiger partial charge in [-0.2, -0.15) is 0 Å². The molecule has 4 heteroatoms. The Morgan fingerprint density at radius 3 is 2.57 bits per heavy atom. The van der Waals surface area contributed by atoms with E-state index in [-0.39, 0.29) is 18.1 Å². The zero-order valence-electron chi connectivity index (χ0n) is 9.33. The minimum Gasteiger partial charge on any atom is -0.375 e. The van der Waals surface area contributed by atoms with Crippen molar-refractivity contribution in [2.24, 2.45) is 0 Å². The van der Waals surface area contributed by atoms with Crippen molar-refractivity contribution in [3.63, 3.8) is 0 Å². The van der Waals surface area contributed by atoms with Gasteiger partial charge >= 0.3 is 0 Å². The molecule has 0 unspecified atom stereocenters. The molecule has 1 aliphatic rings. The van der Waals surface area contributed by atoms with Crippen LogP contribution < -0.4 is 0 Å². The van der Waals surface area contributed by atoms with Crippen LogP contribution in [0.1, 0.15) is 13.8 Å². The molecule has 0 bridgehead atoms. The van der Waals surface area contributed by atoms with Crippen molar-refractivity contribution in [1.29, 1.82) is 0 Å². The van der Waals surface area contributed by atoms with Gasteiger partial charge in [-0.25, -0.2) is 0 Å². The predicted octanol–water partition coefficient (Wildman–Crippen LogP) is 0.657. The average Bonchev–Trinajstić information content (AvgIpc) is 2.30. The summed E-state index contributed by atoms with van der Waals surface area (Å²) in [6.07, 6.45) is 0. The molecule has 0 aromatic carbocycles. The molecule has 0 aromatic rings. The van der Waals surface area contributed by atoms with Crippen molar-refractivity contribution < 1.29 is 9.53 Å². The summed E-state index contributed by atoms with van der Waals surface area (Å²) in [6, 6.07) is 0. The first-order valence-corrected chi connectivity index (χ1v) is 4.61. The summed E-state index contributed by atoms with van der Waals surface area (Å²) in [7, 11) is 3.46. The lowest BCUT2D eigenvalue weighted by molar-refractivity contribution is -0.138. The van der Waals surface area contributed by atoms with E-state index in [1.165, 1.54) is 7.11 Å². The second-order valence-corrected chi connectivity index (χ2v) is 4.10. The molecule has 4 nitrogen and oxygen atoms in total. The van der Waals surface area contributed by atoms with Crippen LogP contribution >= 0.6 is 0 Å². The third kappa shape index (κ3) is 1.62. The fourth-order valence-corrected chi connectivity index (χ4v) is 1.69. The number of hydrogen-bond acceptors (Lipinski definition) is 3. The highest BCUT2D eigenvalue weighted by Gasteiger charge is 2.41. The van der Waals surface area contributed by atoms with E-state index in [2.05, 4.69) is 6.58 Å². The molecule has 1 fully saturated rings. The monoisotopic (exact) mass is 198 g/mol. The molecule has 80 valence electrons. The summed E-state index contributed by atoms with van der Waals surface area (Å²) in [5.41, 5.74) is 0.659. The number of carbonyl (C=O) groups excluding carboxylic acids is 1. The van der Waals surface area contributed by atoms with Crippen LogP contribution in [0.5, 0.6) is 0 Å². The van der Waals surface area contributed by atoms with Gasteiger partial charge in [-0.05, 0) is 13.8 Å². The number of ether oxygens (including phenoxy) is 1. The van der Waals surface area contributed by atoms with E-state index in [0.717, 1.165) is 5.70 Å². The largest absolute Gasteiger partial charge is 0.375 e. The molecule has 1 saturated heterocycles. The Labute approximate surface area is 85.1 Å². The molecule has 1 amide bonds. The molecule has 1 aliphatic heterocycles. The lowest BCUT2D eigenvalue weighted by Crippen LogP contribution is -2.45. The SMILES string of the molecule is C=C1N(C)CN(C(=O)COC)C1(C)C. The fourth-order valence-electron chi connectivity index (χ4n) is 1.69. The predicted molar refractivity (Wildman–Crippen MR) is 54.6 cm³/mol. The minimum absolute atomic E-state index is 0.00278. The summed E-state index contributed by atoms with van der Waals surface area (Å²) < 4.78 is 4.84. The molecule has 0 atom stereocenters. The van der Waals surface area contributed by atoms with Gasteiger partial charge in [0.05, 0.1) is 12.2 Å². The first-order chi connectivity index (χ1) is 6.41. The quantitative estimate of drug-likeness (QED) is 0.653. The molecule has 0 saturated carbocycles. The molecular formula is C10H18N2O2. The summed E-state index contributed by atoms with van der Waals surface area (Å²) >= 11 is 0. The molecule has 0 aliphatic carbocycles. The van der Waals surface area contributed by atoms with Crippen molar-refractivity contribution in [3.05, 3.63) is 12.3 Å². The zero-order valence-corrected chi connectivity index (χ0v) is 9.33. The smallest absolute Gasteiger partial charge is 0.250 e. The van der Waals surface area contributed by atoms with E-state index in [0.29, 0.717) is 6.67 Å². The van der Waals surface area contributed by atoms with Gasteiger partial charge in [0, 0.05) is 19.9 Å². The third-order valence-corrected chi connectivity index (χ3v) is 2.76. The average molecular weight is 198 g/mol. The first-order valence-electron chi connectivity index (χ1n) is 4.61. The Kier molecular flexibility index (Phi) is 2.85. The van der Waals surface area contributed by atoms with Crippen LogP contribution in [-0.4, -0.2) is 48.7 Å². The zero-order chi connectivity index (χ0) is 10.9. The van der Waals surface area contributed by atoms with Crippen molar-refractivity contribution in [2.45, 2.75) is 19.4 Å². The van der Waals surface area contributed by atoms with E-state index >= 15 is 0 Å². The molecule has 1 rings (SSSR count). The number of hydrogen-bond donors (Lipinski definition) is 0. The van der Waals surface area contributed by atoms with E-state index < -0.39 is 0 Å². The Hall–Kier alpha value is -1.03. The maximum absolute atomic E-state index is 11.7. The highest BCUT2D eigenvalue weighted by atomic mass is 16.5. The maximum Gasteiger partial charge on any atom is 0.250 e. The lowest BCUT2D eigenvalue weighted by atomic mass is 10.0. The summed E-state index contributed by atoms with van der Waals surface area (Å²) in [5.74, 6) is 0.00278. The minimum atomic E-state index is -0.301. The Bertz CT molecular complexity index is 261. The van der Waals surface area contributed by atoms with Crippen LogP contribution in [0.4, 0.5) is 0 Å². The van der Waals surface area contributed by atoms with Gasteiger partial charge in [0.1, 0.15) is 6.61 Å². The van der Waals surface area contributed by atoms with E-state index in [9.17, 15) is 4.79 Å². The molecule has 14 heavy (non-hydrogen) atoms.